The first-order valence-corrected chi connectivity index (χ1v) is 9.67. The SMILES string of the molecule is CC(C)C(=O)OC1O[C@@H]2O[C@]3(C)CC[C@H]4[C@H](C)CCC([C@H]1C)[C@@]24OO3. The van der Waals surface area contributed by atoms with Crippen molar-refractivity contribution < 1.29 is 28.8 Å². The fourth-order valence-electron chi connectivity index (χ4n) is 5.26. The molecule has 0 aromatic rings. The van der Waals surface area contributed by atoms with Gasteiger partial charge < -0.3 is 14.2 Å². The molecule has 142 valence electrons. The van der Waals surface area contributed by atoms with Gasteiger partial charge >= 0.3 is 5.97 Å². The van der Waals surface area contributed by atoms with E-state index in [2.05, 4.69) is 13.8 Å². The summed E-state index contributed by atoms with van der Waals surface area (Å²) in [6, 6.07) is 0. The van der Waals surface area contributed by atoms with E-state index in [9.17, 15) is 4.79 Å². The lowest BCUT2D eigenvalue weighted by atomic mass is 9.58. The highest BCUT2D eigenvalue weighted by Gasteiger charge is 2.69. The molecule has 2 bridgehead atoms. The number of carbonyl (C=O) groups excluding carboxylic acids is 1. The van der Waals surface area contributed by atoms with E-state index in [4.69, 9.17) is 24.0 Å². The first-order chi connectivity index (χ1) is 11.8. The molecule has 0 N–H and O–H groups in total. The fourth-order valence-corrected chi connectivity index (χ4v) is 5.26. The Labute approximate surface area is 149 Å². The van der Waals surface area contributed by atoms with Crippen LogP contribution in [0.1, 0.15) is 60.3 Å². The number of rotatable bonds is 2. The standard InChI is InChI=1S/C19H30O6/c1-10(2)15(20)21-16-12(4)14-7-6-11(3)13-8-9-18(5)23-17(22-16)19(13,14)25-24-18/h10-14,16-17H,6-9H2,1-5H3/t11-,12-,13+,14?,16?,17-,18+,19-/m1/s1. The van der Waals surface area contributed by atoms with E-state index in [1.165, 1.54) is 0 Å². The van der Waals surface area contributed by atoms with Crippen molar-refractivity contribution in [1.29, 1.82) is 0 Å². The van der Waals surface area contributed by atoms with Crippen LogP contribution in [0.15, 0.2) is 0 Å². The van der Waals surface area contributed by atoms with Gasteiger partial charge in [-0.3, -0.25) is 4.79 Å². The molecule has 4 saturated heterocycles. The zero-order valence-electron chi connectivity index (χ0n) is 15.8. The maximum Gasteiger partial charge on any atom is 0.310 e. The Morgan fingerprint density at radius 3 is 2.60 bits per heavy atom. The van der Waals surface area contributed by atoms with Crippen LogP contribution < -0.4 is 0 Å². The molecule has 5 fully saturated rings. The van der Waals surface area contributed by atoms with Crippen LogP contribution in [-0.4, -0.2) is 29.9 Å². The van der Waals surface area contributed by atoms with E-state index in [0.29, 0.717) is 11.8 Å². The summed E-state index contributed by atoms with van der Waals surface area (Å²) in [6.45, 7) is 9.93. The zero-order valence-corrected chi connectivity index (χ0v) is 15.8. The zero-order chi connectivity index (χ0) is 18.0. The van der Waals surface area contributed by atoms with Crippen LogP contribution in [0.25, 0.3) is 0 Å². The molecule has 2 unspecified atom stereocenters. The van der Waals surface area contributed by atoms with Crippen LogP contribution in [0.4, 0.5) is 0 Å². The topological polar surface area (TPSA) is 63.2 Å². The molecule has 5 aliphatic rings. The maximum atomic E-state index is 12.1. The van der Waals surface area contributed by atoms with E-state index in [0.717, 1.165) is 25.7 Å². The fraction of sp³-hybridized carbons (Fsp3) is 0.947. The monoisotopic (exact) mass is 354 g/mol. The van der Waals surface area contributed by atoms with E-state index in [1.807, 2.05) is 20.8 Å². The average molecular weight is 354 g/mol. The van der Waals surface area contributed by atoms with Gasteiger partial charge in [0.2, 0.25) is 12.1 Å². The van der Waals surface area contributed by atoms with Gasteiger partial charge in [0, 0.05) is 18.3 Å². The molecule has 5 rings (SSSR count). The third-order valence-electron chi connectivity index (χ3n) is 6.80. The molecule has 0 aromatic heterocycles. The summed E-state index contributed by atoms with van der Waals surface area (Å²) in [5.41, 5.74) is -0.603. The molecule has 6 nitrogen and oxygen atoms in total. The van der Waals surface area contributed by atoms with Crippen LogP contribution in [0, 0.1) is 29.6 Å². The quantitative estimate of drug-likeness (QED) is 0.559. The largest absolute Gasteiger partial charge is 0.435 e. The number of carbonyl (C=O) groups is 1. The molecule has 0 radical (unpaired) electrons. The van der Waals surface area contributed by atoms with Crippen molar-refractivity contribution >= 4 is 5.97 Å². The highest BCUT2D eigenvalue weighted by atomic mass is 17.3. The third-order valence-corrected chi connectivity index (χ3v) is 6.80. The lowest BCUT2D eigenvalue weighted by Gasteiger charge is -2.59. The number of fused-ring (bicyclic) bond motifs is 2. The van der Waals surface area contributed by atoms with Crippen LogP contribution in [0.2, 0.25) is 0 Å². The van der Waals surface area contributed by atoms with Gasteiger partial charge in [0.05, 0.1) is 5.92 Å². The predicted octanol–water partition coefficient (Wildman–Crippen LogP) is 3.39. The van der Waals surface area contributed by atoms with Gasteiger partial charge in [-0.2, -0.15) is 0 Å². The van der Waals surface area contributed by atoms with Crippen molar-refractivity contribution in [2.75, 3.05) is 0 Å². The number of hydrogen-bond acceptors (Lipinski definition) is 6. The maximum absolute atomic E-state index is 12.1. The molecular formula is C19H30O6. The van der Waals surface area contributed by atoms with Gasteiger partial charge in [-0.15, -0.1) is 0 Å². The molecular weight excluding hydrogens is 324 g/mol. The number of hydrogen-bond donors (Lipinski definition) is 0. The minimum Gasteiger partial charge on any atom is -0.435 e. The minimum atomic E-state index is -0.801. The summed E-state index contributed by atoms with van der Waals surface area (Å²) >= 11 is 0. The van der Waals surface area contributed by atoms with Crippen molar-refractivity contribution in [2.24, 2.45) is 29.6 Å². The highest BCUT2D eigenvalue weighted by Crippen LogP contribution is 2.60. The molecule has 25 heavy (non-hydrogen) atoms. The number of esters is 1. The summed E-state index contributed by atoms with van der Waals surface area (Å²) in [4.78, 5) is 24.0. The summed E-state index contributed by atoms with van der Waals surface area (Å²) < 4.78 is 18.1. The van der Waals surface area contributed by atoms with E-state index in [-0.39, 0.29) is 23.7 Å². The van der Waals surface area contributed by atoms with Gasteiger partial charge in [-0.1, -0.05) is 27.7 Å². The Balaban J connectivity index is 1.68. The predicted molar refractivity (Wildman–Crippen MR) is 87.8 cm³/mol. The van der Waals surface area contributed by atoms with Crippen molar-refractivity contribution in [3.05, 3.63) is 0 Å². The first kappa shape index (κ1) is 17.7. The molecule has 4 heterocycles. The second-order valence-electron chi connectivity index (χ2n) is 8.87. The second kappa shape index (κ2) is 5.91. The van der Waals surface area contributed by atoms with Gasteiger partial charge in [-0.25, -0.2) is 9.78 Å². The number of ether oxygens (including phenoxy) is 3. The summed E-state index contributed by atoms with van der Waals surface area (Å²) in [5, 5.41) is 0. The first-order valence-electron chi connectivity index (χ1n) is 9.67. The smallest absolute Gasteiger partial charge is 0.310 e. The summed E-state index contributed by atoms with van der Waals surface area (Å²) in [7, 11) is 0. The highest BCUT2D eigenvalue weighted by molar-refractivity contribution is 5.71. The molecule has 1 aliphatic carbocycles. The Morgan fingerprint density at radius 2 is 1.88 bits per heavy atom. The van der Waals surface area contributed by atoms with E-state index in [1.54, 1.807) is 0 Å². The van der Waals surface area contributed by atoms with Crippen LogP contribution in [0.3, 0.4) is 0 Å². The molecule has 4 aliphatic heterocycles. The van der Waals surface area contributed by atoms with Crippen LogP contribution in [0.5, 0.6) is 0 Å². The molecule has 6 heteroatoms. The minimum absolute atomic E-state index is 0.0311. The van der Waals surface area contributed by atoms with Crippen LogP contribution >= 0.6 is 0 Å². The Morgan fingerprint density at radius 1 is 1.12 bits per heavy atom. The van der Waals surface area contributed by atoms with Gasteiger partial charge in [0.25, 0.3) is 0 Å². The lowest BCUT2D eigenvalue weighted by molar-refractivity contribution is -0.576. The molecule has 0 amide bonds. The van der Waals surface area contributed by atoms with Gasteiger partial charge in [0.15, 0.2) is 11.9 Å². The Hall–Kier alpha value is -0.690. The Kier molecular flexibility index (Phi) is 4.19. The van der Waals surface area contributed by atoms with Crippen molar-refractivity contribution in [1.82, 2.24) is 0 Å². The van der Waals surface area contributed by atoms with Gasteiger partial charge in [-0.05, 0) is 38.0 Å². The molecule has 1 saturated carbocycles. The van der Waals surface area contributed by atoms with Crippen molar-refractivity contribution in [3.8, 4) is 0 Å². The summed E-state index contributed by atoms with van der Waals surface area (Å²) in [6.07, 6.45) is 2.75. The Bertz CT molecular complexity index is 550. The molecule has 1 spiro atoms. The average Bonchev–Trinajstić information content (AvgIpc) is 2.78. The normalized spacial score (nSPS) is 51.8. The summed E-state index contributed by atoms with van der Waals surface area (Å²) in [5.74, 6) is -0.166. The molecule has 8 atom stereocenters. The molecule has 0 aromatic carbocycles. The van der Waals surface area contributed by atoms with Crippen LogP contribution in [-0.2, 0) is 28.8 Å². The third kappa shape index (κ3) is 2.56. The lowest BCUT2D eigenvalue weighted by Crippen LogP contribution is -2.70. The van der Waals surface area contributed by atoms with E-state index >= 15 is 0 Å². The van der Waals surface area contributed by atoms with Crippen molar-refractivity contribution in [3.63, 3.8) is 0 Å². The second-order valence-corrected chi connectivity index (χ2v) is 8.87. The van der Waals surface area contributed by atoms with E-state index < -0.39 is 24.0 Å². The van der Waals surface area contributed by atoms with Crippen molar-refractivity contribution in [2.45, 2.75) is 84.3 Å². The van der Waals surface area contributed by atoms with Gasteiger partial charge in [0.1, 0.15) is 0 Å².